The third-order valence-electron chi connectivity index (χ3n) is 5.24. The normalized spacial score (nSPS) is 12.3. The van der Waals surface area contributed by atoms with E-state index in [1.165, 1.54) is 30.5 Å². The second kappa shape index (κ2) is 12.3. The molecule has 198 valence electrons. The van der Waals surface area contributed by atoms with Crippen molar-refractivity contribution in [2.24, 2.45) is 5.73 Å². The largest absolute Gasteiger partial charge is 0.573 e. The third kappa shape index (κ3) is 7.71. The molecule has 3 N–H and O–H groups in total. The first-order valence-corrected chi connectivity index (χ1v) is 11.5. The monoisotopic (exact) mass is 518 g/mol. The van der Waals surface area contributed by atoms with Gasteiger partial charge in [-0.1, -0.05) is 18.7 Å². The Morgan fingerprint density at radius 2 is 2.00 bits per heavy atom. The van der Waals surface area contributed by atoms with Crippen LogP contribution in [0.1, 0.15) is 19.0 Å². The zero-order valence-electron chi connectivity index (χ0n) is 20.6. The quantitative estimate of drug-likeness (QED) is 0.339. The number of aliphatic hydroxyl groups excluding tert-OH is 1. The van der Waals surface area contributed by atoms with E-state index in [9.17, 15) is 18.3 Å². The molecule has 37 heavy (non-hydrogen) atoms. The summed E-state index contributed by atoms with van der Waals surface area (Å²) in [6.45, 7) is 9.70. The highest BCUT2D eigenvalue weighted by molar-refractivity contribution is 5.59. The van der Waals surface area contributed by atoms with E-state index in [0.29, 0.717) is 24.3 Å². The van der Waals surface area contributed by atoms with Gasteiger partial charge in [-0.25, -0.2) is 0 Å². The zero-order valence-corrected chi connectivity index (χ0v) is 20.6. The van der Waals surface area contributed by atoms with Crippen molar-refractivity contribution >= 4 is 0 Å². The van der Waals surface area contributed by atoms with Crippen molar-refractivity contribution in [3.63, 3.8) is 0 Å². The number of aliphatic hydroxyl groups is 1. The molecule has 3 aromatic rings. The Balaban J connectivity index is 1.78. The van der Waals surface area contributed by atoms with Crippen LogP contribution in [0, 0.1) is 6.92 Å². The summed E-state index contributed by atoms with van der Waals surface area (Å²) in [4.78, 5) is 6.32. The molecule has 0 aliphatic rings. The minimum Gasteiger partial charge on any atom is -0.406 e. The SMILES string of the molecule is C=C(/C=C(\C=C/N)Cn1nc(-c2nc(-c3ccc(OC(F)(F)F)cc3)no2)cc1C)N(CCC)CCO. The highest BCUT2D eigenvalue weighted by Crippen LogP contribution is 2.27. The summed E-state index contributed by atoms with van der Waals surface area (Å²) in [5, 5.41) is 17.8. The van der Waals surface area contributed by atoms with Gasteiger partial charge in [0.25, 0.3) is 5.89 Å². The summed E-state index contributed by atoms with van der Waals surface area (Å²) >= 11 is 0. The smallest absolute Gasteiger partial charge is 0.406 e. The Bertz CT molecular complexity index is 1240. The van der Waals surface area contributed by atoms with E-state index in [-0.39, 0.29) is 24.1 Å². The van der Waals surface area contributed by atoms with Crippen LogP contribution < -0.4 is 10.5 Å². The van der Waals surface area contributed by atoms with Gasteiger partial charge < -0.3 is 25.0 Å². The lowest BCUT2D eigenvalue weighted by Crippen LogP contribution is -2.26. The Hall–Kier alpha value is -4.06. The van der Waals surface area contributed by atoms with Crippen molar-refractivity contribution in [2.75, 3.05) is 19.7 Å². The number of hydrogen-bond donors (Lipinski definition) is 2. The second-order valence-electron chi connectivity index (χ2n) is 8.10. The molecule has 0 amide bonds. The van der Waals surface area contributed by atoms with Crippen LogP contribution in [-0.2, 0) is 6.54 Å². The van der Waals surface area contributed by atoms with Crippen molar-refractivity contribution in [2.45, 2.75) is 33.2 Å². The van der Waals surface area contributed by atoms with Crippen molar-refractivity contribution < 1.29 is 27.5 Å². The van der Waals surface area contributed by atoms with E-state index < -0.39 is 6.36 Å². The van der Waals surface area contributed by atoms with E-state index in [1.54, 1.807) is 16.8 Å². The predicted octanol–water partition coefficient (Wildman–Crippen LogP) is 4.42. The number of rotatable bonds is 12. The molecular formula is C25H29F3N6O3. The highest BCUT2D eigenvalue weighted by atomic mass is 19.4. The number of ether oxygens (including phenoxy) is 1. The molecular weight excluding hydrogens is 489 g/mol. The van der Waals surface area contributed by atoms with Crippen LogP contribution in [0.15, 0.2) is 71.1 Å². The number of allylic oxidation sites excluding steroid dienone is 3. The summed E-state index contributed by atoms with van der Waals surface area (Å²) in [5.74, 6) is 0.0130. The summed E-state index contributed by atoms with van der Waals surface area (Å²) in [7, 11) is 0. The topological polar surface area (TPSA) is 115 Å². The first-order valence-electron chi connectivity index (χ1n) is 11.5. The number of nitrogens with zero attached hydrogens (tertiary/aromatic N) is 5. The Morgan fingerprint density at radius 1 is 1.27 bits per heavy atom. The maximum atomic E-state index is 12.4. The lowest BCUT2D eigenvalue weighted by atomic mass is 10.2. The molecule has 2 aromatic heterocycles. The van der Waals surface area contributed by atoms with Crippen molar-refractivity contribution in [3.8, 4) is 28.7 Å². The zero-order chi connectivity index (χ0) is 27.0. The summed E-state index contributed by atoms with van der Waals surface area (Å²) in [6.07, 6.45) is 1.23. The van der Waals surface area contributed by atoms with Crippen molar-refractivity contribution in [1.82, 2.24) is 24.8 Å². The molecule has 0 aliphatic heterocycles. The van der Waals surface area contributed by atoms with Gasteiger partial charge in [0, 0.05) is 30.0 Å². The summed E-state index contributed by atoms with van der Waals surface area (Å²) < 4.78 is 48.1. The van der Waals surface area contributed by atoms with Gasteiger partial charge in [-0.15, -0.1) is 13.2 Å². The van der Waals surface area contributed by atoms with Crippen LogP contribution in [-0.4, -0.2) is 56.0 Å². The molecule has 0 spiro atoms. The van der Waals surface area contributed by atoms with E-state index >= 15 is 0 Å². The molecule has 0 aliphatic carbocycles. The number of nitrogens with two attached hydrogens (primary N) is 1. The Kier molecular flexibility index (Phi) is 9.12. The highest BCUT2D eigenvalue weighted by Gasteiger charge is 2.31. The average Bonchev–Trinajstić information content (AvgIpc) is 3.46. The molecule has 0 atom stereocenters. The summed E-state index contributed by atoms with van der Waals surface area (Å²) in [5.41, 5.74) is 8.97. The molecule has 0 fully saturated rings. The van der Waals surface area contributed by atoms with Gasteiger partial charge in [-0.2, -0.15) is 10.1 Å². The Morgan fingerprint density at radius 3 is 2.62 bits per heavy atom. The number of benzene rings is 1. The van der Waals surface area contributed by atoms with Gasteiger partial charge in [-0.05, 0) is 67.6 Å². The molecule has 0 radical (unpaired) electrons. The minimum atomic E-state index is -4.77. The molecule has 0 saturated heterocycles. The van der Waals surface area contributed by atoms with Crippen molar-refractivity contribution in [3.05, 3.63) is 72.2 Å². The number of hydrogen-bond acceptors (Lipinski definition) is 8. The third-order valence-corrected chi connectivity index (χ3v) is 5.24. The average molecular weight is 519 g/mol. The van der Waals surface area contributed by atoms with E-state index in [2.05, 4.69) is 33.5 Å². The lowest BCUT2D eigenvalue weighted by Gasteiger charge is -2.24. The number of alkyl halides is 3. The molecule has 9 nitrogen and oxygen atoms in total. The first-order chi connectivity index (χ1) is 17.6. The number of aryl methyl sites for hydroxylation is 1. The Labute approximate surface area is 212 Å². The summed E-state index contributed by atoms with van der Waals surface area (Å²) in [6, 6.07) is 6.94. The first kappa shape index (κ1) is 27.5. The van der Waals surface area contributed by atoms with E-state index in [0.717, 1.165) is 29.9 Å². The van der Waals surface area contributed by atoms with Crippen LogP contribution in [0.25, 0.3) is 23.0 Å². The maximum absolute atomic E-state index is 12.4. The van der Waals surface area contributed by atoms with E-state index in [4.69, 9.17) is 10.3 Å². The second-order valence-corrected chi connectivity index (χ2v) is 8.10. The van der Waals surface area contributed by atoms with Gasteiger partial charge in [0.1, 0.15) is 5.75 Å². The van der Waals surface area contributed by atoms with Crippen LogP contribution >= 0.6 is 0 Å². The van der Waals surface area contributed by atoms with Crippen molar-refractivity contribution in [1.29, 1.82) is 0 Å². The minimum absolute atomic E-state index is 0.0220. The van der Waals surface area contributed by atoms with E-state index in [1.807, 2.05) is 17.9 Å². The van der Waals surface area contributed by atoms with Gasteiger partial charge in [0.05, 0.1) is 13.2 Å². The van der Waals surface area contributed by atoms with Gasteiger partial charge >= 0.3 is 6.36 Å². The molecule has 2 heterocycles. The van der Waals surface area contributed by atoms with Crippen LogP contribution in [0.5, 0.6) is 5.75 Å². The lowest BCUT2D eigenvalue weighted by molar-refractivity contribution is -0.274. The predicted molar refractivity (Wildman–Crippen MR) is 132 cm³/mol. The number of halogens is 3. The van der Waals surface area contributed by atoms with Gasteiger partial charge in [0.2, 0.25) is 5.82 Å². The standard InChI is InChI=1S/C25H29F3N6O3/c1-4-11-33(12-13-35)17(2)14-19(9-10-29)16-34-18(3)15-22(31-34)24-30-23(32-37-24)20-5-7-21(8-6-20)36-25(26,27)28/h5-10,14-15,35H,2,4,11-13,16,29H2,1,3H3/b10-9-,19-14+. The van der Waals surface area contributed by atoms with Crippen LogP contribution in [0.4, 0.5) is 13.2 Å². The fraction of sp³-hybridized carbons (Fsp3) is 0.320. The number of aromatic nitrogens is 4. The molecule has 1 aromatic carbocycles. The molecule has 3 rings (SSSR count). The maximum Gasteiger partial charge on any atom is 0.573 e. The molecule has 0 unspecified atom stereocenters. The fourth-order valence-electron chi connectivity index (χ4n) is 3.56. The molecule has 0 bridgehead atoms. The molecule has 12 heteroatoms. The van der Waals surface area contributed by atoms with Gasteiger partial charge in [-0.3, -0.25) is 4.68 Å². The molecule has 0 saturated carbocycles. The van der Waals surface area contributed by atoms with Crippen LogP contribution in [0.3, 0.4) is 0 Å². The van der Waals surface area contributed by atoms with Crippen LogP contribution in [0.2, 0.25) is 0 Å². The van der Waals surface area contributed by atoms with Gasteiger partial charge in [0.15, 0.2) is 5.69 Å². The fourth-order valence-corrected chi connectivity index (χ4v) is 3.56.